The van der Waals surface area contributed by atoms with Crippen molar-refractivity contribution in [3.8, 4) is 0 Å². The van der Waals surface area contributed by atoms with Crippen LogP contribution in [0.15, 0.2) is 12.1 Å². The number of alkyl halides is 8. The molecule has 0 unspecified atom stereocenters. The molecular weight excluding hydrogens is 339 g/mol. The number of ether oxygens (including phenoxy) is 1. The molecule has 0 saturated carbocycles. The third kappa shape index (κ3) is 2.97. The number of carbonyl (C=O) groups is 1. The van der Waals surface area contributed by atoms with Crippen LogP contribution in [0.5, 0.6) is 0 Å². The summed E-state index contributed by atoms with van der Waals surface area (Å²) in [6.45, 7) is 0. The molecule has 0 aromatic heterocycles. The Morgan fingerprint density at radius 1 is 0.810 bits per heavy atom. The summed E-state index contributed by atoms with van der Waals surface area (Å²) in [6.07, 6.45) is -10.6. The second kappa shape index (κ2) is 5.22. The van der Waals surface area contributed by atoms with Crippen LogP contribution < -0.4 is 5.73 Å². The molecule has 0 fully saturated rings. The molecule has 124 valence electrons. The zero-order valence-corrected chi connectivity index (χ0v) is 9.05. The van der Waals surface area contributed by atoms with E-state index in [9.17, 15) is 53.1 Å². The van der Waals surface area contributed by atoms with Gasteiger partial charge in [-0.25, -0.2) is 0 Å². The maximum Gasteiger partial charge on any atom is 0.472 e. The minimum absolute atomic E-state index is 1.94. The first kappa shape index (κ1) is 19.2. The SMILES string of the molecule is NC(=O)C(F)(F)C(F)(F)C(F)(F)C(F)(F)OC(F)=C(F)F. The number of primary amides is 1. The highest BCUT2D eigenvalue weighted by atomic mass is 19.4. The van der Waals surface area contributed by atoms with E-state index in [4.69, 9.17) is 0 Å². The molecule has 0 aliphatic carbocycles. The molecule has 3 nitrogen and oxygen atoms in total. The number of rotatable bonds is 6. The van der Waals surface area contributed by atoms with Gasteiger partial charge in [0, 0.05) is 0 Å². The Morgan fingerprint density at radius 3 is 1.48 bits per heavy atom. The third-order valence-electron chi connectivity index (χ3n) is 1.83. The lowest BCUT2D eigenvalue weighted by molar-refractivity contribution is -0.417. The van der Waals surface area contributed by atoms with E-state index in [2.05, 4.69) is 5.73 Å². The lowest BCUT2D eigenvalue weighted by Gasteiger charge is -2.34. The quantitative estimate of drug-likeness (QED) is 0.596. The second-order valence-corrected chi connectivity index (χ2v) is 3.24. The summed E-state index contributed by atoms with van der Waals surface area (Å²) in [6, 6.07) is -3.71. The fourth-order valence-corrected chi connectivity index (χ4v) is 0.750. The molecule has 0 heterocycles. The minimum atomic E-state index is -7.27. The van der Waals surface area contributed by atoms with Gasteiger partial charge in [-0.15, -0.1) is 0 Å². The van der Waals surface area contributed by atoms with Crippen molar-refractivity contribution in [3.05, 3.63) is 12.1 Å². The predicted octanol–water partition coefficient (Wildman–Crippen LogP) is 3.02. The van der Waals surface area contributed by atoms with Crippen LogP contribution in [0, 0.1) is 0 Å². The summed E-state index contributed by atoms with van der Waals surface area (Å²) in [5.74, 6) is -24.4. The number of hydrogen-bond donors (Lipinski definition) is 1. The summed E-state index contributed by atoms with van der Waals surface area (Å²) >= 11 is 0. The highest BCUT2D eigenvalue weighted by Crippen LogP contribution is 2.53. The molecule has 1 amide bonds. The molecule has 0 rings (SSSR count). The van der Waals surface area contributed by atoms with Gasteiger partial charge in [-0.05, 0) is 0 Å². The molecule has 0 radical (unpaired) electrons. The van der Waals surface area contributed by atoms with Crippen molar-refractivity contribution in [1.82, 2.24) is 0 Å². The molecule has 2 N–H and O–H groups in total. The third-order valence-corrected chi connectivity index (χ3v) is 1.83. The summed E-state index contributed by atoms with van der Waals surface area (Å²) in [7, 11) is 0. The van der Waals surface area contributed by atoms with Gasteiger partial charge < -0.3 is 10.5 Å². The first-order valence-corrected chi connectivity index (χ1v) is 4.23. The number of hydrogen-bond acceptors (Lipinski definition) is 2. The fraction of sp³-hybridized carbons (Fsp3) is 0.571. The van der Waals surface area contributed by atoms with Crippen molar-refractivity contribution in [2.45, 2.75) is 23.9 Å². The Kier molecular flexibility index (Phi) is 4.78. The van der Waals surface area contributed by atoms with Crippen molar-refractivity contribution in [3.63, 3.8) is 0 Å². The van der Waals surface area contributed by atoms with Gasteiger partial charge in [-0.3, -0.25) is 4.79 Å². The van der Waals surface area contributed by atoms with Gasteiger partial charge >= 0.3 is 36.0 Å². The van der Waals surface area contributed by atoms with Gasteiger partial charge in [0.15, 0.2) is 0 Å². The van der Waals surface area contributed by atoms with E-state index in [1.807, 2.05) is 4.74 Å². The minimum Gasteiger partial charge on any atom is -0.397 e. The van der Waals surface area contributed by atoms with Crippen molar-refractivity contribution >= 4 is 5.91 Å². The van der Waals surface area contributed by atoms with Crippen LogP contribution in [0.4, 0.5) is 48.3 Å². The monoisotopic (exact) mass is 341 g/mol. The molecule has 0 aromatic rings. The van der Waals surface area contributed by atoms with Gasteiger partial charge in [0.25, 0.3) is 5.91 Å². The molecular formula is C7H2F11NO2. The largest absolute Gasteiger partial charge is 0.472 e. The van der Waals surface area contributed by atoms with Crippen molar-refractivity contribution in [2.75, 3.05) is 0 Å². The van der Waals surface area contributed by atoms with Crippen LogP contribution in [0.1, 0.15) is 0 Å². The van der Waals surface area contributed by atoms with E-state index in [0.29, 0.717) is 0 Å². The summed E-state index contributed by atoms with van der Waals surface area (Å²) in [5, 5.41) is 0. The Balaban J connectivity index is 5.85. The Hall–Kier alpha value is -1.76. The van der Waals surface area contributed by atoms with Crippen LogP contribution in [0.3, 0.4) is 0 Å². The summed E-state index contributed by atoms with van der Waals surface area (Å²) in [4.78, 5) is 9.94. The molecule has 14 heteroatoms. The highest BCUT2D eigenvalue weighted by Gasteiger charge is 2.84. The van der Waals surface area contributed by atoms with E-state index >= 15 is 0 Å². The fourth-order valence-electron chi connectivity index (χ4n) is 0.750. The van der Waals surface area contributed by atoms with Crippen molar-refractivity contribution in [1.29, 1.82) is 0 Å². The lowest BCUT2D eigenvalue weighted by atomic mass is 10.0. The Morgan fingerprint density at radius 2 is 1.19 bits per heavy atom. The molecule has 21 heavy (non-hydrogen) atoms. The maximum atomic E-state index is 12.7. The van der Waals surface area contributed by atoms with Crippen LogP contribution >= 0.6 is 0 Å². The molecule has 0 spiro atoms. The molecule has 0 aromatic carbocycles. The van der Waals surface area contributed by atoms with E-state index in [1.54, 1.807) is 0 Å². The van der Waals surface area contributed by atoms with Crippen LogP contribution in [0.2, 0.25) is 0 Å². The average Bonchev–Trinajstić information content (AvgIpc) is 2.26. The Bertz CT molecular complexity index is 453. The molecule has 0 bridgehead atoms. The molecule has 0 aliphatic heterocycles. The van der Waals surface area contributed by atoms with E-state index in [-0.39, 0.29) is 0 Å². The van der Waals surface area contributed by atoms with Crippen LogP contribution in [-0.2, 0) is 9.53 Å². The molecule has 0 aliphatic rings. The standard InChI is InChI=1S/C7H2F11NO2/c8-1(9)2(10)21-7(17,18)6(15,16)5(13,14)4(11,12)3(19)20/h(H2,19,20). The normalized spacial score (nSPS) is 13.9. The molecule has 0 atom stereocenters. The number of amides is 1. The zero-order chi connectivity index (χ0) is 17.4. The average molecular weight is 341 g/mol. The lowest BCUT2D eigenvalue weighted by Crippen LogP contribution is -2.66. The maximum absolute atomic E-state index is 12.7. The van der Waals surface area contributed by atoms with Crippen molar-refractivity contribution < 1.29 is 57.8 Å². The van der Waals surface area contributed by atoms with E-state index in [1.165, 1.54) is 0 Å². The van der Waals surface area contributed by atoms with Gasteiger partial charge in [0.2, 0.25) is 0 Å². The topological polar surface area (TPSA) is 52.3 Å². The second-order valence-electron chi connectivity index (χ2n) is 3.24. The Labute approximate surface area is 107 Å². The van der Waals surface area contributed by atoms with Crippen molar-refractivity contribution in [2.24, 2.45) is 5.73 Å². The summed E-state index contributed by atoms with van der Waals surface area (Å²) < 4.78 is 138. The number of carbonyl (C=O) groups excluding carboxylic acids is 1. The summed E-state index contributed by atoms with van der Waals surface area (Å²) in [5.41, 5.74) is 3.65. The van der Waals surface area contributed by atoms with E-state index in [0.717, 1.165) is 0 Å². The van der Waals surface area contributed by atoms with Gasteiger partial charge in [0.1, 0.15) is 0 Å². The van der Waals surface area contributed by atoms with Crippen LogP contribution in [-0.4, -0.2) is 29.8 Å². The van der Waals surface area contributed by atoms with E-state index < -0.39 is 41.9 Å². The highest BCUT2D eigenvalue weighted by molar-refractivity contribution is 5.83. The van der Waals surface area contributed by atoms with Gasteiger partial charge in [-0.1, -0.05) is 0 Å². The zero-order valence-electron chi connectivity index (χ0n) is 9.05. The van der Waals surface area contributed by atoms with Gasteiger partial charge in [0.05, 0.1) is 0 Å². The number of halogens is 11. The smallest absolute Gasteiger partial charge is 0.397 e. The molecule has 0 saturated heterocycles. The van der Waals surface area contributed by atoms with Crippen LogP contribution in [0.25, 0.3) is 0 Å². The first-order chi connectivity index (χ1) is 9.02. The number of nitrogens with two attached hydrogens (primary N) is 1. The van der Waals surface area contributed by atoms with Gasteiger partial charge in [-0.2, -0.15) is 48.3 Å². The first-order valence-electron chi connectivity index (χ1n) is 4.23. The predicted molar refractivity (Wildman–Crippen MR) is 40.4 cm³/mol.